The molecule has 0 heterocycles. The second kappa shape index (κ2) is 6.66. The van der Waals surface area contributed by atoms with Gasteiger partial charge in [0.1, 0.15) is 0 Å². The lowest BCUT2D eigenvalue weighted by atomic mass is 10.2. The van der Waals surface area contributed by atoms with Gasteiger partial charge in [-0.1, -0.05) is 13.3 Å². The molecular formula is C9H18O. The van der Waals surface area contributed by atoms with Crippen LogP contribution >= 0.6 is 0 Å². The molecule has 0 fully saturated rings. The van der Waals surface area contributed by atoms with Gasteiger partial charge < -0.3 is 4.74 Å². The Balaban J connectivity index is 3.41. The Hall–Kier alpha value is -0.460. The molecule has 0 aromatic carbocycles. The predicted octanol–water partition coefficient (Wildman–Crippen LogP) is 3.12. The van der Waals surface area contributed by atoms with E-state index in [-0.39, 0.29) is 0 Å². The van der Waals surface area contributed by atoms with Crippen LogP contribution in [-0.2, 0) is 4.74 Å². The molecule has 0 unspecified atom stereocenters. The van der Waals surface area contributed by atoms with Crippen LogP contribution in [0.3, 0.4) is 0 Å². The largest absolute Gasteiger partial charge is 0.499 e. The molecule has 60 valence electrons. The van der Waals surface area contributed by atoms with Crippen molar-refractivity contribution in [3.63, 3.8) is 0 Å². The van der Waals surface area contributed by atoms with Crippen molar-refractivity contribution in [2.75, 3.05) is 6.61 Å². The Morgan fingerprint density at radius 1 is 1.40 bits per heavy atom. The Morgan fingerprint density at radius 2 is 2.10 bits per heavy atom. The van der Waals surface area contributed by atoms with E-state index in [4.69, 9.17) is 4.74 Å². The van der Waals surface area contributed by atoms with E-state index >= 15 is 0 Å². The van der Waals surface area contributed by atoms with Crippen molar-refractivity contribution in [2.45, 2.75) is 40.0 Å². The highest BCUT2D eigenvalue weighted by atomic mass is 16.5. The van der Waals surface area contributed by atoms with Crippen LogP contribution < -0.4 is 0 Å². The van der Waals surface area contributed by atoms with E-state index in [9.17, 15) is 0 Å². The van der Waals surface area contributed by atoms with E-state index in [1.165, 1.54) is 12.8 Å². The van der Waals surface area contributed by atoms with Crippen molar-refractivity contribution in [3.8, 4) is 0 Å². The molecule has 0 saturated carbocycles. The molecule has 10 heavy (non-hydrogen) atoms. The average molecular weight is 142 g/mol. The first kappa shape index (κ1) is 9.54. The van der Waals surface area contributed by atoms with E-state index in [1.807, 2.05) is 13.8 Å². The number of unbranched alkanes of at least 4 members (excludes halogenated alkanes) is 1. The first-order valence-electron chi connectivity index (χ1n) is 4.13. The highest BCUT2D eigenvalue weighted by molar-refractivity contribution is 4.89. The molecule has 0 saturated heterocycles. The van der Waals surface area contributed by atoms with Crippen LogP contribution in [0.1, 0.15) is 40.0 Å². The first-order chi connectivity index (χ1) is 4.85. The maximum absolute atomic E-state index is 5.35. The maximum atomic E-state index is 5.35. The van der Waals surface area contributed by atoms with Gasteiger partial charge in [0.15, 0.2) is 0 Å². The fraction of sp³-hybridized carbons (Fsp3) is 0.778. The van der Waals surface area contributed by atoms with Gasteiger partial charge in [-0.25, -0.2) is 0 Å². The van der Waals surface area contributed by atoms with Crippen molar-refractivity contribution < 1.29 is 4.74 Å². The summed E-state index contributed by atoms with van der Waals surface area (Å²) in [4.78, 5) is 0. The topological polar surface area (TPSA) is 9.23 Å². The van der Waals surface area contributed by atoms with E-state index in [0.717, 1.165) is 18.8 Å². The van der Waals surface area contributed by atoms with Crippen LogP contribution in [0.4, 0.5) is 0 Å². The average Bonchev–Trinajstić information content (AvgIpc) is 1.98. The molecule has 0 spiro atoms. The molecule has 0 aromatic heterocycles. The lowest BCUT2D eigenvalue weighted by Gasteiger charge is -2.05. The molecule has 0 aliphatic heterocycles. The maximum Gasteiger partial charge on any atom is 0.0917 e. The van der Waals surface area contributed by atoms with Crippen LogP contribution in [-0.4, -0.2) is 6.61 Å². The summed E-state index contributed by atoms with van der Waals surface area (Å²) in [6, 6.07) is 0. The third kappa shape index (κ3) is 4.42. The molecule has 0 atom stereocenters. The zero-order valence-electron chi connectivity index (χ0n) is 7.31. The van der Waals surface area contributed by atoms with Gasteiger partial charge in [-0.2, -0.15) is 0 Å². The third-order valence-corrected chi connectivity index (χ3v) is 1.43. The predicted molar refractivity (Wildman–Crippen MR) is 44.9 cm³/mol. The molecule has 0 N–H and O–H groups in total. The summed E-state index contributed by atoms with van der Waals surface area (Å²) in [7, 11) is 0. The van der Waals surface area contributed by atoms with Crippen molar-refractivity contribution in [1.29, 1.82) is 0 Å². The van der Waals surface area contributed by atoms with Crippen LogP contribution in [0, 0.1) is 0 Å². The summed E-state index contributed by atoms with van der Waals surface area (Å²) in [6.45, 7) is 7.04. The van der Waals surface area contributed by atoms with Gasteiger partial charge in [0.05, 0.1) is 12.4 Å². The summed E-state index contributed by atoms with van der Waals surface area (Å²) >= 11 is 0. The number of rotatable bonds is 5. The van der Waals surface area contributed by atoms with Crippen molar-refractivity contribution >= 4 is 0 Å². The molecule has 1 nitrogen and oxygen atoms in total. The molecule has 0 bridgehead atoms. The van der Waals surface area contributed by atoms with E-state index < -0.39 is 0 Å². The summed E-state index contributed by atoms with van der Waals surface area (Å²) in [5, 5.41) is 0. The van der Waals surface area contributed by atoms with Gasteiger partial charge in [0.25, 0.3) is 0 Å². The SMILES string of the molecule is CC=C(CCCC)OCC. The minimum absolute atomic E-state index is 0.795. The van der Waals surface area contributed by atoms with Gasteiger partial charge in [0, 0.05) is 6.42 Å². The summed E-state index contributed by atoms with van der Waals surface area (Å²) in [5.41, 5.74) is 0. The van der Waals surface area contributed by atoms with E-state index in [1.54, 1.807) is 0 Å². The minimum Gasteiger partial charge on any atom is -0.499 e. The smallest absolute Gasteiger partial charge is 0.0917 e. The number of hydrogen-bond acceptors (Lipinski definition) is 1. The van der Waals surface area contributed by atoms with Crippen molar-refractivity contribution in [3.05, 3.63) is 11.8 Å². The minimum atomic E-state index is 0.795. The van der Waals surface area contributed by atoms with Gasteiger partial charge in [-0.3, -0.25) is 0 Å². The van der Waals surface area contributed by atoms with Gasteiger partial charge in [-0.15, -0.1) is 0 Å². The lowest BCUT2D eigenvalue weighted by Crippen LogP contribution is -1.90. The third-order valence-electron chi connectivity index (χ3n) is 1.43. The second-order valence-electron chi connectivity index (χ2n) is 2.29. The molecule has 0 aliphatic carbocycles. The molecule has 0 aromatic rings. The zero-order valence-corrected chi connectivity index (χ0v) is 7.31. The molecule has 1 heteroatoms. The standard InChI is InChI=1S/C9H18O/c1-4-7-8-9(5-2)10-6-3/h5H,4,6-8H2,1-3H3. The highest BCUT2D eigenvalue weighted by Gasteiger charge is 1.92. The monoisotopic (exact) mass is 142 g/mol. The number of allylic oxidation sites excluding steroid dienone is 2. The Bertz CT molecular complexity index is 94.9. The zero-order chi connectivity index (χ0) is 7.82. The van der Waals surface area contributed by atoms with E-state index in [2.05, 4.69) is 13.0 Å². The Morgan fingerprint density at radius 3 is 2.50 bits per heavy atom. The van der Waals surface area contributed by atoms with Crippen LogP contribution in [0.5, 0.6) is 0 Å². The van der Waals surface area contributed by atoms with Crippen LogP contribution in [0.2, 0.25) is 0 Å². The normalized spacial score (nSPS) is 11.7. The Kier molecular flexibility index (Phi) is 6.35. The summed E-state index contributed by atoms with van der Waals surface area (Å²) < 4.78 is 5.35. The van der Waals surface area contributed by atoms with Crippen LogP contribution in [0.15, 0.2) is 11.8 Å². The molecular weight excluding hydrogens is 124 g/mol. The van der Waals surface area contributed by atoms with Crippen molar-refractivity contribution in [2.24, 2.45) is 0 Å². The van der Waals surface area contributed by atoms with Gasteiger partial charge in [0.2, 0.25) is 0 Å². The van der Waals surface area contributed by atoms with Crippen LogP contribution in [0.25, 0.3) is 0 Å². The fourth-order valence-electron chi connectivity index (χ4n) is 0.836. The molecule has 0 radical (unpaired) electrons. The first-order valence-corrected chi connectivity index (χ1v) is 4.13. The van der Waals surface area contributed by atoms with Gasteiger partial charge >= 0.3 is 0 Å². The lowest BCUT2D eigenvalue weighted by molar-refractivity contribution is 0.216. The molecule has 0 rings (SSSR count). The summed E-state index contributed by atoms with van der Waals surface area (Å²) in [6.07, 6.45) is 5.63. The number of hydrogen-bond donors (Lipinski definition) is 0. The number of ether oxygens (including phenoxy) is 1. The van der Waals surface area contributed by atoms with Gasteiger partial charge in [-0.05, 0) is 26.3 Å². The second-order valence-corrected chi connectivity index (χ2v) is 2.29. The Labute approximate surface area is 64.1 Å². The molecule has 0 aliphatic rings. The molecule has 0 amide bonds. The summed E-state index contributed by atoms with van der Waals surface area (Å²) in [5.74, 6) is 1.14. The fourth-order valence-corrected chi connectivity index (χ4v) is 0.836. The highest BCUT2D eigenvalue weighted by Crippen LogP contribution is 2.07. The quantitative estimate of drug-likeness (QED) is 0.536. The van der Waals surface area contributed by atoms with Crippen molar-refractivity contribution in [1.82, 2.24) is 0 Å². The van der Waals surface area contributed by atoms with E-state index in [0.29, 0.717) is 0 Å².